The molecule has 20 heavy (non-hydrogen) atoms. The SMILES string of the molecule is Cc1ccc(C(=O)N(CC2CCCNC2)C(C)C)cc1. The molecule has 1 aromatic carbocycles. The van der Waals surface area contributed by atoms with E-state index in [4.69, 9.17) is 0 Å². The zero-order chi connectivity index (χ0) is 14.5. The van der Waals surface area contributed by atoms with E-state index in [9.17, 15) is 4.79 Å². The Balaban J connectivity index is 2.07. The van der Waals surface area contributed by atoms with Gasteiger partial charge in [-0.05, 0) is 64.8 Å². The van der Waals surface area contributed by atoms with Crippen molar-refractivity contribution < 1.29 is 4.79 Å². The lowest BCUT2D eigenvalue weighted by atomic mass is 9.98. The molecule has 1 atom stereocenters. The normalized spacial score (nSPS) is 19.1. The fourth-order valence-corrected chi connectivity index (χ4v) is 2.75. The lowest BCUT2D eigenvalue weighted by Gasteiger charge is -2.33. The van der Waals surface area contributed by atoms with Crippen LogP contribution in [0.1, 0.15) is 42.6 Å². The largest absolute Gasteiger partial charge is 0.336 e. The van der Waals surface area contributed by atoms with Crippen LogP contribution in [0.25, 0.3) is 0 Å². The van der Waals surface area contributed by atoms with Gasteiger partial charge < -0.3 is 10.2 Å². The number of piperidine rings is 1. The maximum atomic E-state index is 12.7. The van der Waals surface area contributed by atoms with Gasteiger partial charge in [-0.2, -0.15) is 0 Å². The van der Waals surface area contributed by atoms with Gasteiger partial charge >= 0.3 is 0 Å². The van der Waals surface area contributed by atoms with Crippen molar-refractivity contribution >= 4 is 5.91 Å². The number of aryl methyl sites for hydroxylation is 1. The second-order valence-electron chi connectivity index (χ2n) is 6.13. The van der Waals surface area contributed by atoms with Crippen molar-refractivity contribution in [2.75, 3.05) is 19.6 Å². The van der Waals surface area contributed by atoms with Crippen LogP contribution in [0.3, 0.4) is 0 Å². The number of hydrogen-bond acceptors (Lipinski definition) is 2. The summed E-state index contributed by atoms with van der Waals surface area (Å²) < 4.78 is 0. The Morgan fingerprint density at radius 3 is 2.60 bits per heavy atom. The molecule has 0 aromatic heterocycles. The quantitative estimate of drug-likeness (QED) is 0.915. The highest BCUT2D eigenvalue weighted by molar-refractivity contribution is 5.94. The van der Waals surface area contributed by atoms with Gasteiger partial charge in [-0.3, -0.25) is 4.79 Å². The van der Waals surface area contributed by atoms with Crippen LogP contribution in [0.4, 0.5) is 0 Å². The lowest BCUT2D eigenvalue weighted by molar-refractivity contribution is 0.0661. The lowest BCUT2D eigenvalue weighted by Crippen LogP contribution is -2.44. The molecule has 1 aliphatic rings. The summed E-state index contributed by atoms with van der Waals surface area (Å²) in [5.41, 5.74) is 1.99. The summed E-state index contributed by atoms with van der Waals surface area (Å²) in [6.45, 7) is 9.25. The number of hydrogen-bond donors (Lipinski definition) is 1. The van der Waals surface area contributed by atoms with E-state index in [1.807, 2.05) is 36.1 Å². The summed E-state index contributed by atoms with van der Waals surface area (Å²) in [6.07, 6.45) is 2.44. The molecule has 1 heterocycles. The minimum absolute atomic E-state index is 0.158. The van der Waals surface area contributed by atoms with Crippen molar-refractivity contribution in [2.24, 2.45) is 5.92 Å². The predicted molar refractivity (Wildman–Crippen MR) is 82.9 cm³/mol. The highest BCUT2D eigenvalue weighted by atomic mass is 16.2. The maximum absolute atomic E-state index is 12.7. The molecule has 1 unspecified atom stereocenters. The summed E-state index contributed by atoms with van der Waals surface area (Å²) in [7, 11) is 0. The average Bonchev–Trinajstić information content (AvgIpc) is 2.45. The van der Waals surface area contributed by atoms with Crippen molar-refractivity contribution in [3.8, 4) is 0 Å². The summed E-state index contributed by atoms with van der Waals surface area (Å²) in [4.78, 5) is 14.7. The molecule has 0 spiro atoms. The molecule has 1 fully saturated rings. The highest BCUT2D eigenvalue weighted by Gasteiger charge is 2.23. The second kappa shape index (κ2) is 6.89. The van der Waals surface area contributed by atoms with Gasteiger partial charge in [0.25, 0.3) is 5.91 Å². The molecule has 1 amide bonds. The number of rotatable bonds is 4. The van der Waals surface area contributed by atoms with Gasteiger partial charge in [0.05, 0.1) is 0 Å². The van der Waals surface area contributed by atoms with Gasteiger partial charge in [0, 0.05) is 18.2 Å². The van der Waals surface area contributed by atoms with Gasteiger partial charge in [0.15, 0.2) is 0 Å². The minimum Gasteiger partial charge on any atom is -0.336 e. The Hall–Kier alpha value is -1.35. The molecule has 110 valence electrons. The molecule has 0 radical (unpaired) electrons. The molecule has 2 rings (SSSR count). The van der Waals surface area contributed by atoms with Gasteiger partial charge in [0.2, 0.25) is 0 Å². The van der Waals surface area contributed by atoms with Crippen LogP contribution in [0.5, 0.6) is 0 Å². The van der Waals surface area contributed by atoms with E-state index >= 15 is 0 Å². The number of carbonyl (C=O) groups is 1. The Morgan fingerprint density at radius 2 is 2.05 bits per heavy atom. The molecule has 0 aliphatic carbocycles. The minimum atomic E-state index is 0.158. The summed E-state index contributed by atoms with van der Waals surface area (Å²) in [5.74, 6) is 0.742. The fourth-order valence-electron chi connectivity index (χ4n) is 2.75. The summed E-state index contributed by atoms with van der Waals surface area (Å²) in [6, 6.07) is 8.13. The Bertz CT molecular complexity index is 433. The van der Waals surface area contributed by atoms with Crippen LogP contribution >= 0.6 is 0 Å². The third-order valence-corrected chi connectivity index (χ3v) is 4.04. The van der Waals surface area contributed by atoms with E-state index in [1.54, 1.807) is 0 Å². The number of carbonyl (C=O) groups excluding carboxylic acids is 1. The third kappa shape index (κ3) is 3.83. The van der Waals surface area contributed by atoms with Crippen LogP contribution in [0, 0.1) is 12.8 Å². The van der Waals surface area contributed by atoms with Crippen molar-refractivity contribution in [1.82, 2.24) is 10.2 Å². The molecule has 3 nitrogen and oxygen atoms in total. The first-order valence-electron chi connectivity index (χ1n) is 7.66. The standard InChI is InChI=1S/C17H26N2O/c1-13(2)19(12-15-5-4-10-18-11-15)17(20)16-8-6-14(3)7-9-16/h6-9,13,15,18H,4-5,10-12H2,1-3H3. The van der Waals surface area contributed by atoms with Crippen LogP contribution < -0.4 is 5.32 Å². The molecule has 1 aliphatic heterocycles. The Morgan fingerprint density at radius 1 is 1.35 bits per heavy atom. The van der Waals surface area contributed by atoms with E-state index in [0.717, 1.165) is 25.2 Å². The first-order chi connectivity index (χ1) is 9.58. The van der Waals surface area contributed by atoms with E-state index in [-0.39, 0.29) is 11.9 Å². The van der Waals surface area contributed by atoms with Crippen LogP contribution in [0.15, 0.2) is 24.3 Å². The Kier molecular flexibility index (Phi) is 5.18. The fraction of sp³-hybridized carbons (Fsp3) is 0.588. The third-order valence-electron chi connectivity index (χ3n) is 4.04. The van der Waals surface area contributed by atoms with E-state index in [0.29, 0.717) is 5.92 Å². The highest BCUT2D eigenvalue weighted by Crippen LogP contribution is 2.16. The van der Waals surface area contributed by atoms with E-state index in [1.165, 1.54) is 18.4 Å². The van der Waals surface area contributed by atoms with E-state index in [2.05, 4.69) is 19.2 Å². The van der Waals surface area contributed by atoms with E-state index < -0.39 is 0 Å². The van der Waals surface area contributed by atoms with Crippen molar-refractivity contribution in [1.29, 1.82) is 0 Å². The van der Waals surface area contributed by atoms with Gasteiger partial charge in [-0.15, -0.1) is 0 Å². The zero-order valence-corrected chi connectivity index (χ0v) is 12.9. The summed E-state index contributed by atoms with van der Waals surface area (Å²) in [5, 5.41) is 3.43. The molecule has 1 saturated heterocycles. The number of amides is 1. The monoisotopic (exact) mass is 274 g/mol. The predicted octanol–water partition coefficient (Wildman–Crippen LogP) is 2.85. The molecule has 3 heteroatoms. The first kappa shape index (κ1) is 15.0. The number of nitrogens with zero attached hydrogens (tertiary/aromatic N) is 1. The van der Waals surface area contributed by atoms with Crippen LogP contribution in [0.2, 0.25) is 0 Å². The molecular weight excluding hydrogens is 248 g/mol. The average molecular weight is 274 g/mol. The first-order valence-corrected chi connectivity index (χ1v) is 7.66. The van der Waals surface area contributed by atoms with Crippen LogP contribution in [-0.4, -0.2) is 36.5 Å². The molecule has 1 N–H and O–H groups in total. The topological polar surface area (TPSA) is 32.3 Å². The zero-order valence-electron chi connectivity index (χ0n) is 12.9. The number of benzene rings is 1. The summed E-state index contributed by atoms with van der Waals surface area (Å²) >= 11 is 0. The Labute approximate surface area is 122 Å². The smallest absolute Gasteiger partial charge is 0.254 e. The van der Waals surface area contributed by atoms with Gasteiger partial charge in [-0.25, -0.2) is 0 Å². The van der Waals surface area contributed by atoms with Crippen molar-refractivity contribution in [3.05, 3.63) is 35.4 Å². The van der Waals surface area contributed by atoms with Gasteiger partial charge in [-0.1, -0.05) is 17.7 Å². The van der Waals surface area contributed by atoms with Crippen molar-refractivity contribution in [2.45, 2.75) is 39.7 Å². The van der Waals surface area contributed by atoms with Crippen molar-refractivity contribution in [3.63, 3.8) is 0 Å². The molecule has 0 bridgehead atoms. The molecule has 1 aromatic rings. The maximum Gasteiger partial charge on any atom is 0.254 e. The molecular formula is C17H26N2O. The van der Waals surface area contributed by atoms with Crippen LogP contribution in [-0.2, 0) is 0 Å². The molecule has 0 saturated carbocycles. The number of nitrogens with one attached hydrogen (secondary N) is 1. The van der Waals surface area contributed by atoms with Gasteiger partial charge in [0.1, 0.15) is 0 Å². The second-order valence-corrected chi connectivity index (χ2v) is 6.13.